The third-order valence-electron chi connectivity index (χ3n) is 15.2. The maximum atomic E-state index is 15.3. The summed E-state index contributed by atoms with van der Waals surface area (Å²) >= 11 is 0. The summed E-state index contributed by atoms with van der Waals surface area (Å²) in [5.74, 6) is -21.1. The minimum atomic E-state index is -1.89. The van der Waals surface area contributed by atoms with Gasteiger partial charge < -0.3 is 61.3 Å². The van der Waals surface area contributed by atoms with Crippen LogP contribution >= 0.6 is 0 Å². The van der Waals surface area contributed by atoms with Crippen LogP contribution in [-0.4, -0.2) is 96.0 Å². The van der Waals surface area contributed by atoms with Crippen molar-refractivity contribution in [1.29, 1.82) is 0 Å². The second-order valence-electron chi connectivity index (χ2n) is 20.1. The van der Waals surface area contributed by atoms with E-state index in [4.69, 9.17) is 0 Å². The van der Waals surface area contributed by atoms with Crippen LogP contribution in [0.15, 0.2) is 72.8 Å². The van der Waals surface area contributed by atoms with Crippen molar-refractivity contribution in [2.45, 2.75) is 39.5 Å². The summed E-state index contributed by atoms with van der Waals surface area (Å²) in [6.45, 7) is 6.01. The summed E-state index contributed by atoms with van der Waals surface area (Å²) in [6, 6.07) is 12.7. The lowest BCUT2D eigenvalue weighted by Crippen LogP contribution is -2.31. The van der Waals surface area contributed by atoms with Crippen LogP contribution in [0.1, 0.15) is 152 Å². The Labute approximate surface area is 438 Å². The lowest BCUT2D eigenvalue weighted by Gasteiger charge is -2.41. The minimum absolute atomic E-state index is 0.217. The second-order valence-corrected chi connectivity index (χ2v) is 20.1. The molecule has 4 aliphatic rings. The standard InChI is InChI=1S/C60H38O18/c1-17-5-21-37(25(61)9-17)57(75)47-33(69)13-29(65)43(45-31(67)15-35(71)49-53(45)55(73)23-7-19(3)11-27(63)39(23)59(49)77)51(47)41(21)42-22-6-18(2)10-26(62)38(22)58(76)48-34(70)14-30(66)44(52(42)48)46-32(68)16-36(72)50-54(46)56(74)24-8-20(4)12-28(64)40(24)60(50)78/h5-16,41-42,61-72H,1-4H3. The van der Waals surface area contributed by atoms with Crippen LogP contribution in [0.3, 0.4) is 0 Å². The number of ketones is 6. The summed E-state index contributed by atoms with van der Waals surface area (Å²) in [6.07, 6.45) is 0. The number of carbonyl (C=O) groups excluding carboxylic acids is 6. The number of carbonyl (C=O) groups is 6. The van der Waals surface area contributed by atoms with Crippen molar-refractivity contribution in [3.63, 3.8) is 0 Å². The summed E-state index contributed by atoms with van der Waals surface area (Å²) < 4.78 is 0. The molecule has 4 aliphatic carbocycles. The Balaban J connectivity index is 1.28. The van der Waals surface area contributed by atoms with E-state index in [-0.39, 0.29) is 22.3 Å². The summed E-state index contributed by atoms with van der Waals surface area (Å²) in [7, 11) is 0. The van der Waals surface area contributed by atoms with Crippen LogP contribution in [0.25, 0.3) is 22.3 Å². The molecule has 2 unspecified atom stereocenters. The molecule has 0 saturated heterocycles. The fourth-order valence-corrected chi connectivity index (χ4v) is 12.4. The van der Waals surface area contributed by atoms with Gasteiger partial charge in [-0.25, -0.2) is 0 Å². The van der Waals surface area contributed by atoms with Crippen molar-refractivity contribution in [1.82, 2.24) is 0 Å². The molecule has 18 heteroatoms. The van der Waals surface area contributed by atoms with Crippen LogP contribution < -0.4 is 0 Å². The molecule has 8 aromatic rings. The van der Waals surface area contributed by atoms with Gasteiger partial charge in [-0.1, -0.05) is 12.1 Å². The Morgan fingerprint density at radius 3 is 0.808 bits per heavy atom. The van der Waals surface area contributed by atoms with Gasteiger partial charge in [0.15, 0.2) is 11.6 Å². The fourth-order valence-electron chi connectivity index (χ4n) is 12.4. The molecule has 12 N–H and O–H groups in total. The highest BCUT2D eigenvalue weighted by atomic mass is 16.3. The van der Waals surface area contributed by atoms with Gasteiger partial charge in [-0.15, -0.1) is 0 Å². The number of hydrogen-bond donors (Lipinski definition) is 12. The Morgan fingerprint density at radius 2 is 0.474 bits per heavy atom. The molecule has 12 rings (SSSR count). The smallest absolute Gasteiger partial charge is 0.201 e. The number of aromatic hydroxyl groups is 12. The predicted octanol–water partition coefficient (Wildman–Crippen LogP) is 8.33. The van der Waals surface area contributed by atoms with Gasteiger partial charge in [-0.2, -0.15) is 0 Å². The summed E-state index contributed by atoms with van der Waals surface area (Å²) in [5, 5.41) is 142. The lowest BCUT2D eigenvalue weighted by molar-refractivity contribution is 0.0974. The van der Waals surface area contributed by atoms with Crippen molar-refractivity contribution >= 4 is 34.7 Å². The molecular weight excluding hydrogens is 1010 g/mol. The van der Waals surface area contributed by atoms with E-state index in [0.29, 0.717) is 35.4 Å². The fraction of sp³-hybridized carbons (Fsp3) is 0.100. The van der Waals surface area contributed by atoms with Crippen LogP contribution in [0.2, 0.25) is 0 Å². The Hall–Kier alpha value is -10.6. The van der Waals surface area contributed by atoms with Crippen LogP contribution in [0.4, 0.5) is 0 Å². The zero-order chi connectivity index (χ0) is 55.9. The van der Waals surface area contributed by atoms with E-state index in [0.717, 1.165) is 0 Å². The number of phenolic OH excluding ortho intramolecular Hbond substituents is 12. The van der Waals surface area contributed by atoms with Gasteiger partial charge in [0.05, 0.1) is 44.5 Å². The van der Waals surface area contributed by atoms with E-state index >= 15 is 19.2 Å². The average molecular weight is 1050 g/mol. The molecular formula is C60H38O18. The number of rotatable bonds is 3. The van der Waals surface area contributed by atoms with Gasteiger partial charge in [-0.05, 0) is 109 Å². The monoisotopic (exact) mass is 1050 g/mol. The normalized spacial score (nSPS) is 15.7. The molecule has 0 aliphatic heterocycles. The highest BCUT2D eigenvalue weighted by Crippen LogP contribution is 2.64. The summed E-state index contributed by atoms with van der Waals surface area (Å²) in [5.41, 5.74) is -10.8. The van der Waals surface area contributed by atoms with Crippen molar-refractivity contribution in [3.8, 4) is 91.2 Å². The highest BCUT2D eigenvalue weighted by Gasteiger charge is 2.51. The molecule has 0 amide bonds. The zero-order valence-corrected chi connectivity index (χ0v) is 40.9. The van der Waals surface area contributed by atoms with E-state index in [1.54, 1.807) is 0 Å². The number of benzene rings is 8. The van der Waals surface area contributed by atoms with E-state index < -0.39 is 216 Å². The van der Waals surface area contributed by atoms with E-state index in [9.17, 15) is 70.9 Å². The summed E-state index contributed by atoms with van der Waals surface area (Å²) in [4.78, 5) is 89.7. The molecule has 18 nitrogen and oxygen atoms in total. The quantitative estimate of drug-likeness (QED) is 0.0791. The Morgan fingerprint density at radius 1 is 0.231 bits per heavy atom. The Kier molecular flexibility index (Phi) is 9.88. The third-order valence-corrected chi connectivity index (χ3v) is 15.2. The zero-order valence-electron chi connectivity index (χ0n) is 40.9. The van der Waals surface area contributed by atoms with E-state index in [2.05, 4.69) is 0 Å². The molecule has 0 heterocycles. The van der Waals surface area contributed by atoms with Gasteiger partial charge in [0.2, 0.25) is 23.1 Å². The number of fused-ring (bicyclic) bond motifs is 8. The first-order valence-electron chi connectivity index (χ1n) is 23.8. The number of aryl methyl sites for hydroxylation is 4. The van der Waals surface area contributed by atoms with Gasteiger partial charge >= 0.3 is 0 Å². The maximum Gasteiger partial charge on any atom is 0.201 e. The molecule has 0 aromatic heterocycles. The van der Waals surface area contributed by atoms with Crippen LogP contribution in [-0.2, 0) is 0 Å². The number of phenols is 12. The van der Waals surface area contributed by atoms with Crippen LogP contribution in [0, 0.1) is 27.7 Å². The molecule has 0 bridgehead atoms. The molecule has 0 radical (unpaired) electrons. The van der Waals surface area contributed by atoms with E-state index in [1.165, 1.54) is 76.2 Å². The first kappa shape index (κ1) is 48.3. The molecule has 2 atom stereocenters. The van der Waals surface area contributed by atoms with Crippen molar-refractivity contribution in [2.75, 3.05) is 0 Å². The lowest BCUT2D eigenvalue weighted by atomic mass is 9.60. The van der Waals surface area contributed by atoms with Crippen LogP contribution in [0.5, 0.6) is 69.0 Å². The van der Waals surface area contributed by atoms with Crippen molar-refractivity contribution in [3.05, 3.63) is 184 Å². The first-order valence-corrected chi connectivity index (χ1v) is 23.8. The van der Waals surface area contributed by atoms with Gasteiger partial charge in [0, 0.05) is 80.6 Å². The SMILES string of the molecule is Cc1cc(O)c2c(c1)C(=O)c1c(c(O)cc(O)c1-c1c(O)cc(O)c3c1C(C1c4cc(C)cc(O)c4C(=O)c4c(O)cc(O)c(-c5c(O)cc(O)c6c5C(=O)c5cc(C)cc(O)c5C6=O)c41)c1cc(C)cc(O)c1C3=O)C2=O. The highest BCUT2D eigenvalue weighted by molar-refractivity contribution is 6.34. The van der Waals surface area contributed by atoms with Crippen molar-refractivity contribution in [2.24, 2.45) is 0 Å². The van der Waals surface area contributed by atoms with Gasteiger partial charge in [-0.3, -0.25) is 28.8 Å². The first-order chi connectivity index (χ1) is 36.8. The van der Waals surface area contributed by atoms with E-state index in [1.807, 2.05) is 0 Å². The molecule has 0 spiro atoms. The van der Waals surface area contributed by atoms with Crippen molar-refractivity contribution < 1.29 is 90.0 Å². The predicted molar refractivity (Wildman–Crippen MR) is 273 cm³/mol. The maximum absolute atomic E-state index is 15.3. The second kappa shape index (κ2) is 15.9. The molecule has 8 aromatic carbocycles. The molecule has 386 valence electrons. The molecule has 0 saturated carbocycles. The van der Waals surface area contributed by atoms with Gasteiger partial charge in [0.1, 0.15) is 69.0 Å². The topological polar surface area (TPSA) is 345 Å². The van der Waals surface area contributed by atoms with Gasteiger partial charge in [0.25, 0.3) is 0 Å². The Bertz CT molecular complexity index is 4070. The largest absolute Gasteiger partial charge is 0.507 e. The number of hydrogen-bond acceptors (Lipinski definition) is 18. The molecule has 0 fully saturated rings. The third kappa shape index (κ3) is 6.18. The minimum Gasteiger partial charge on any atom is -0.507 e. The average Bonchev–Trinajstić information content (AvgIpc) is 3.39. The molecule has 78 heavy (non-hydrogen) atoms.